The molecule has 6 heteroatoms. The Bertz CT molecular complexity index is 1780. The van der Waals surface area contributed by atoms with Crippen molar-refractivity contribution in [1.29, 1.82) is 0 Å². The minimum absolute atomic E-state index is 0.249. The molecule has 6 nitrogen and oxygen atoms in total. The third kappa shape index (κ3) is 4.56. The van der Waals surface area contributed by atoms with Gasteiger partial charge in [-0.2, -0.15) is 0 Å². The quantitative estimate of drug-likeness (QED) is 0.238. The van der Waals surface area contributed by atoms with Gasteiger partial charge < -0.3 is 4.42 Å². The van der Waals surface area contributed by atoms with Gasteiger partial charge >= 0.3 is 0 Å². The van der Waals surface area contributed by atoms with Crippen molar-refractivity contribution < 1.29 is 4.42 Å². The third-order valence-electron chi connectivity index (χ3n) is 6.67. The Morgan fingerprint density at radius 3 is 1.97 bits per heavy atom. The smallest absolute Gasteiger partial charge is 0.181 e. The van der Waals surface area contributed by atoms with Crippen LogP contribution < -0.4 is 0 Å². The Morgan fingerprint density at radius 1 is 0.641 bits per heavy atom. The van der Waals surface area contributed by atoms with E-state index in [-0.39, 0.29) is 10.8 Å². The summed E-state index contributed by atoms with van der Waals surface area (Å²) in [4.78, 5) is 24.4. The van der Waals surface area contributed by atoms with Gasteiger partial charge in [0.15, 0.2) is 5.82 Å². The van der Waals surface area contributed by atoms with Gasteiger partial charge in [0.25, 0.3) is 0 Å². The molecule has 0 bridgehead atoms. The Morgan fingerprint density at radius 2 is 1.33 bits per heavy atom. The minimum atomic E-state index is -0.249. The molecule has 0 atom stereocenters. The van der Waals surface area contributed by atoms with Gasteiger partial charge in [0.1, 0.15) is 28.5 Å². The normalized spacial score (nSPS) is 12.4. The maximum Gasteiger partial charge on any atom is 0.181 e. The van der Waals surface area contributed by atoms with Crippen molar-refractivity contribution >= 4 is 21.9 Å². The van der Waals surface area contributed by atoms with Crippen LogP contribution in [0.1, 0.15) is 53.2 Å². The number of rotatable bonds is 3. The Balaban J connectivity index is 1.68. The van der Waals surface area contributed by atoms with Gasteiger partial charge in [-0.3, -0.25) is 4.98 Å². The van der Waals surface area contributed by atoms with E-state index in [0.29, 0.717) is 11.5 Å². The van der Waals surface area contributed by atoms with Gasteiger partial charge in [0.05, 0.1) is 16.8 Å². The lowest BCUT2D eigenvalue weighted by molar-refractivity contribution is 0.497. The number of aromatic nitrogens is 5. The molecule has 6 aromatic rings. The number of furan rings is 1. The molecule has 0 aliphatic heterocycles. The van der Waals surface area contributed by atoms with E-state index in [1.54, 1.807) is 6.20 Å². The minimum Gasteiger partial charge on any atom is -0.455 e. The molecule has 39 heavy (non-hydrogen) atoms. The topological polar surface area (TPSA) is 77.6 Å². The summed E-state index contributed by atoms with van der Waals surface area (Å²) in [6.45, 7) is 12.7. The van der Waals surface area contributed by atoms with E-state index in [1.165, 1.54) is 0 Å². The number of fused-ring (bicyclic) bond motifs is 3. The maximum absolute atomic E-state index is 6.61. The van der Waals surface area contributed by atoms with Crippen LogP contribution in [0.5, 0.6) is 0 Å². The van der Waals surface area contributed by atoms with Crippen molar-refractivity contribution in [2.75, 3.05) is 0 Å². The summed E-state index contributed by atoms with van der Waals surface area (Å²) in [6.07, 6.45) is 1.80. The second-order valence-corrected chi connectivity index (χ2v) is 11.9. The molecule has 0 amide bonds. The molecule has 0 saturated carbocycles. The van der Waals surface area contributed by atoms with Crippen molar-refractivity contribution in [1.82, 2.24) is 24.9 Å². The molecule has 0 aliphatic rings. The van der Waals surface area contributed by atoms with E-state index >= 15 is 0 Å². The van der Waals surface area contributed by atoms with Crippen LogP contribution in [-0.2, 0) is 10.8 Å². The van der Waals surface area contributed by atoms with Crippen molar-refractivity contribution in [3.63, 3.8) is 0 Å². The summed E-state index contributed by atoms with van der Waals surface area (Å²) in [6, 6.07) is 24.2. The van der Waals surface area contributed by atoms with Crippen LogP contribution in [0.2, 0.25) is 0 Å². The van der Waals surface area contributed by atoms with Crippen LogP contribution in [0.4, 0.5) is 0 Å². The first-order chi connectivity index (χ1) is 18.6. The van der Waals surface area contributed by atoms with Crippen LogP contribution in [-0.4, -0.2) is 24.9 Å². The number of nitrogens with zero attached hydrogens (tertiary/aromatic N) is 5. The zero-order valence-electron chi connectivity index (χ0n) is 23.1. The van der Waals surface area contributed by atoms with E-state index in [1.807, 2.05) is 54.6 Å². The molecule has 6 rings (SSSR count). The molecule has 0 saturated heterocycles. The molecule has 4 heterocycles. The largest absolute Gasteiger partial charge is 0.455 e. The number of hydrogen-bond acceptors (Lipinski definition) is 6. The summed E-state index contributed by atoms with van der Waals surface area (Å²) < 4.78 is 6.61. The Kier molecular flexibility index (Phi) is 5.79. The number of pyridine rings is 2. The highest BCUT2D eigenvalue weighted by molar-refractivity contribution is 6.14. The average Bonchev–Trinajstić information content (AvgIpc) is 3.31. The fourth-order valence-electron chi connectivity index (χ4n) is 4.62. The van der Waals surface area contributed by atoms with E-state index < -0.39 is 0 Å². The summed E-state index contributed by atoms with van der Waals surface area (Å²) in [5.41, 5.74) is 5.29. The van der Waals surface area contributed by atoms with E-state index in [2.05, 4.69) is 64.7 Å². The zero-order chi connectivity index (χ0) is 27.4. The van der Waals surface area contributed by atoms with E-state index in [4.69, 9.17) is 24.4 Å². The molecule has 4 aromatic heterocycles. The van der Waals surface area contributed by atoms with E-state index in [9.17, 15) is 0 Å². The van der Waals surface area contributed by atoms with Crippen molar-refractivity contribution in [3.8, 4) is 34.0 Å². The van der Waals surface area contributed by atoms with Crippen LogP contribution >= 0.6 is 0 Å². The zero-order valence-corrected chi connectivity index (χ0v) is 23.1. The van der Waals surface area contributed by atoms with Crippen molar-refractivity contribution in [2.24, 2.45) is 0 Å². The molecule has 2 aromatic carbocycles. The van der Waals surface area contributed by atoms with Crippen LogP contribution in [0.15, 0.2) is 83.4 Å². The fraction of sp³-hybridized carbons (Fsp3) is 0.242. The Labute approximate surface area is 228 Å². The first-order valence-electron chi connectivity index (χ1n) is 13.2. The predicted octanol–water partition coefficient (Wildman–Crippen LogP) is 8.16. The highest BCUT2D eigenvalue weighted by Crippen LogP contribution is 2.40. The second kappa shape index (κ2) is 9.09. The molecular weight excluding hydrogens is 482 g/mol. The third-order valence-corrected chi connectivity index (χ3v) is 6.67. The summed E-state index contributed by atoms with van der Waals surface area (Å²) >= 11 is 0. The highest BCUT2D eigenvalue weighted by atomic mass is 16.3. The Hall–Kier alpha value is -4.45. The standard InChI is InChI=1S/C33H31N5O/c1-32(2,3)30-36-29(37-31(38-30)33(4,5)6)24-19-25-26(27(35-24)20-13-8-7-9-14-20)22-16-12-15-21(28(22)39-25)23-17-10-11-18-34-23/h7-19H,1-6H3. The molecule has 0 fully saturated rings. The molecule has 0 N–H and O–H groups in total. The van der Waals surface area contributed by atoms with Gasteiger partial charge in [-0.1, -0.05) is 90.1 Å². The SMILES string of the molecule is CC(C)(C)c1nc(-c2cc3oc4c(-c5ccccn5)cccc4c3c(-c3ccccc3)n2)nc(C(C)(C)C)n1. The molecule has 0 spiro atoms. The second-order valence-electron chi connectivity index (χ2n) is 11.9. The molecule has 0 aliphatic carbocycles. The molecule has 0 radical (unpaired) electrons. The number of benzene rings is 2. The number of para-hydroxylation sites is 1. The fourth-order valence-corrected chi connectivity index (χ4v) is 4.62. The lowest BCUT2D eigenvalue weighted by Gasteiger charge is -2.22. The van der Waals surface area contributed by atoms with Gasteiger partial charge in [-0.05, 0) is 18.2 Å². The first-order valence-corrected chi connectivity index (χ1v) is 13.2. The lowest BCUT2D eigenvalue weighted by atomic mass is 9.93. The first kappa shape index (κ1) is 24.9. The van der Waals surface area contributed by atoms with Gasteiger partial charge in [0, 0.05) is 39.6 Å². The van der Waals surface area contributed by atoms with Crippen molar-refractivity contribution in [3.05, 3.63) is 90.6 Å². The van der Waals surface area contributed by atoms with Crippen LogP contribution in [0, 0.1) is 0 Å². The number of hydrogen-bond donors (Lipinski definition) is 0. The molecule has 194 valence electrons. The van der Waals surface area contributed by atoms with Gasteiger partial charge in [0.2, 0.25) is 0 Å². The molecular formula is C33H31N5O. The van der Waals surface area contributed by atoms with Crippen LogP contribution in [0.3, 0.4) is 0 Å². The maximum atomic E-state index is 6.61. The highest BCUT2D eigenvalue weighted by Gasteiger charge is 2.27. The summed E-state index contributed by atoms with van der Waals surface area (Å²) in [7, 11) is 0. The van der Waals surface area contributed by atoms with Gasteiger partial charge in [-0.15, -0.1) is 0 Å². The van der Waals surface area contributed by atoms with E-state index in [0.717, 1.165) is 56.1 Å². The molecule has 0 unspecified atom stereocenters. The van der Waals surface area contributed by atoms with Crippen molar-refractivity contribution in [2.45, 2.75) is 52.4 Å². The van der Waals surface area contributed by atoms with Gasteiger partial charge in [-0.25, -0.2) is 19.9 Å². The van der Waals surface area contributed by atoms with Crippen LogP contribution in [0.25, 0.3) is 56.0 Å². The predicted molar refractivity (Wildman–Crippen MR) is 156 cm³/mol. The summed E-state index contributed by atoms with van der Waals surface area (Å²) in [5, 5.41) is 1.95. The summed E-state index contributed by atoms with van der Waals surface area (Å²) in [5.74, 6) is 2.02. The lowest BCUT2D eigenvalue weighted by Crippen LogP contribution is -2.24. The monoisotopic (exact) mass is 513 g/mol. The average molecular weight is 514 g/mol.